The van der Waals surface area contributed by atoms with E-state index in [1.165, 1.54) is 4.40 Å². The van der Waals surface area contributed by atoms with Crippen LogP contribution in [0.5, 0.6) is 0 Å². The molecule has 3 aromatic rings. The third-order valence-corrected chi connectivity index (χ3v) is 4.95. The molecule has 128 valence electrons. The number of benzene rings is 1. The van der Waals surface area contributed by atoms with Crippen molar-refractivity contribution in [2.45, 2.75) is 25.7 Å². The molecule has 6 heteroatoms. The molecule has 1 aromatic carbocycles. The summed E-state index contributed by atoms with van der Waals surface area (Å²) >= 11 is 6.00. The molecule has 0 radical (unpaired) electrons. The Morgan fingerprint density at radius 1 is 1.04 bits per heavy atom. The van der Waals surface area contributed by atoms with Gasteiger partial charge in [-0.25, -0.2) is 4.98 Å². The molecule has 1 amide bonds. The van der Waals surface area contributed by atoms with E-state index in [2.05, 4.69) is 4.98 Å². The SMILES string of the molecule is O=C(c1ccc2nc3ccc(Cl)cc3c(=O)n2c1)N1CCCCCC1. The van der Waals surface area contributed by atoms with Crippen molar-refractivity contribution in [2.75, 3.05) is 13.1 Å². The lowest BCUT2D eigenvalue weighted by Crippen LogP contribution is -2.32. The molecule has 1 aliphatic rings. The Morgan fingerprint density at radius 3 is 2.56 bits per heavy atom. The third kappa shape index (κ3) is 3.00. The zero-order valence-corrected chi connectivity index (χ0v) is 14.5. The number of likely N-dealkylation sites (tertiary alicyclic amines) is 1. The Hall–Kier alpha value is -2.40. The molecule has 0 bridgehead atoms. The van der Waals surface area contributed by atoms with Crippen LogP contribution in [0.1, 0.15) is 36.0 Å². The minimum atomic E-state index is -0.215. The van der Waals surface area contributed by atoms with Gasteiger partial charge in [0.25, 0.3) is 11.5 Å². The Labute approximate surface area is 149 Å². The number of fused-ring (bicyclic) bond motifs is 2. The molecule has 25 heavy (non-hydrogen) atoms. The summed E-state index contributed by atoms with van der Waals surface area (Å²) in [6.45, 7) is 1.55. The van der Waals surface area contributed by atoms with Gasteiger partial charge in [0.2, 0.25) is 0 Å². The van der Waals surface area contributed by atoms with Gasteiger partial charge in [-0.3, -0.25) is 14.0 Å². The molecule has 3 heterocycles. The number of pyridine rings is 1. The van der Waals surface area contributed by atoms with Crippen LogP contribution in [0, 0.1) is 0 Å². The Balaban J connectivity index is 1.81. The van der Waals surface area contributed by atoms with Gasteiger partial charge in [-0.05, 0) is 43.2 Å². The average molecular weight is 356 g/mol. The van der Waals surface area contributed by atoms with E-state index in [-0.39, 0.29) is 11.5 Å². The molecule has 0 N–H and O–H groups in total. The molecule has 0 saturated carbocycles. The van der Waals surface area contributed by atoms with Crippen LogP contribution in [-0.4, -0.2) is 33.3 Å². The van der Waals surface area contributed by atoms with Crippen LogP contribution in [0.2, 0.25) is 5.02 Å². The van der Waals surface area contributed by atoms with Gasteiger partial charge >= 0.3 is 0 Å². The molecule has 0 aliphatic carbocycles. The topological polar surface area (TPSA) is 54.7 Å². The van der Waals surface area contributed by atoms with Crippen LogP contribution in [0.3, 0.4) is 0 Å². The maximum Gasteiger partial charge on any atom is 0.265 e. The summed E-state index contributed by atoms with van der Waals surface area (Å²) in [4.78, 5) is 31.9. The number of nitrogens with zero attached hydrogens (tertiary/aromatic N) is 3. The lowest BCUT2D eigenvalue weighted by atomic mass is 10.2. The number of carbonyl (C=O) groups excluding carboxylic acids is 1. The highest BCUT2D eigenvalue weighted by Gasteiger charge is 2.18. The molecule has 1 saturated heterocycles. The minimum absolute atomic E-state index is 0.0260. The number of halogens is 1. The van der Waals surface area contributed by atoms with E-state index in [1.54, 1.807) is 36.5 Å². The van der Waals surface area contributed by atoms with E-state index in [4.69, 9.17) is 11.6 Å². The van der Waals surface area contributed by atoms with Crippen molar-refractivity contribution >= 4 is 34.1 Å². The smallest absolute Gasteiger partial charge is 0.265 e. The van der Waals surface area contributed by atoms with Crippen LogP contribution < -0.4 is 5.56 Å². The summed E-state index contributed by atoms with van der Waals surface area (Å²) in [6.07, 6.45) is 5.99. The number of rotatable bonds is 1. The van der Waals surface area contributed by atoms with E-state index in [9.17, 15) is 9.59 Å². The van der Waals surface area contributed by atoms with Crippen molar-refractivity contribution < 1.29 is 4.79 Å². The van der Waals surface area contributed by atoms with Gasteiger partial charge in [0, 0.05) is 24.3 Å². The van der Waals surface area contributed by atoms with Crippen molar-refractivity contribution in [1.82, 2.24) is 14.3 Å². The highest BCUT2D eigenvalue weighted by atomic mass is 35.5. The predicted molar refractivity (Wildman–Crippen MR) is 98.3 cm³/mol. The van der Waals surface area contributed by atoms with Crippen molar-refractivity contribution in [2.24, 2.45) is 0 Å². The van der Waals surface area contributed by atoms with E-state index < -0.39 is 0 Å². The summed E-state index contributed by atoms with van der Waals surface area (Å²) < 4.78 is 1.43. The van der Waals surface area contributed by atoms with Gasteiger partial charge in [0.1, 0.15) is 5.65 Å². The van der Waals surface area contributed by atoms with Crippen molar-refractivity contribution in [1.29, 1.82) is 0 Å². The van der Waals surface area contributed by atoms with Gasteiger partial charge in [-0.2, -0.15) is 0 Å². The summed E-state index contributed by atoms with van der Waals surface area (Å²) in [5, 5.41) is 0.938. The van der Waals surface area contributed by atoms with Crippen molar-refractivity contribution in [3.05, 3.63) is 57.5 Å². The first-order valence-corrected chi connectivity index (χ1v) is 8.92. The maximum absolute atomic E-state index is 12.8. The lowest BCUT2D eigenvalue weighted by molar-refractivity contribution is 0.0761. The Kier molecular flexibility index (Phi) is 4.17. The van der Waals surface area contributed by atoms with E-state index >= 15 is 0 Å². The van der Waals surface area contributed by atoms with Crippen LogP contribution in [-0.2, 0) is 0 Å². The fourth-order valence-electron chi connectivity index (χ4n) is 3.36. The fraction of sp³-hybridized carbons (Fsp3) is 0.316. The normalized spacial score (nSPS) is 15.5. The first-order valence-electron chi connectivity index (χ1n) is 8.54. The molecule has 4 rings (SSSR count). The van der Waals surface area contributed by atoms with Gasteiger partial charge in [-0.1, -0.05) is 24.4 Å². The van der Waals surface area contributed by atoms with Crippen LogP contribution in [0.4, 0.5) is 0 Å². The number of hydrogen-bond acceptors (Lipinski definition) is 3. The number of carbonyl (C=O) groups is 1. The molecule has 0 spiro atoms. The van der Waals surface area contributed by atoms with Gasteiger partial charge in [0.15, 0.2) is 0 Å². The molecule has 2 aromatic heterocycles. The summed E-state index contributed by atoms with van der Waals surface area (Å²) in [5.74, 6) is -0.0260. The van der Waals surface area contributed by atoms with Crippen LogP contribution in [0.25, 0.3) is 16.6 Å². The van der Waals surface area contributed by atoms with Crippen LogP contribution >= 0.6 is 11.6 Å². The molecule has 0 unspecified atom stereocenters. The molecule has 1 fully saturated rings. The number of hydrogen-bond donors (Lipinski definition) is 0. The first-order chi connectivity index (χ1) is 12.1. The van der Waals surface area contributed by atoms with Crippen molar-refractivity contribution in [3.8, 4) is 0 Å². The summed E-state index contributed by atoms with van der Waals surface area (Å²) in [7, 11) is 0. The third-order valence-electron chi connectivity index (χ3n) is 4.71. The Morgan fingerprint density at radius 2 is 1.80 bits per heavy atom. The maximum atomic E-state index is 12.8. The molecular weight excluding hydrogens is 338 g/mol. The number of aromatic nitrogens is 2. The Bertz CT molecular complexity index is 1020. The summed E-state index contributed by atoms with van der Waals surface area (Å²) in [6, 6.07) is 8.53. The second kappa shape index (κ2) is 6.48. The predicted octanol–water partition coefficient (Wildman–Crippen LogP) is 3.52. The summed E-state index contributed by atoms with van der Waals surface area (Å²) in [5.41, 5.74) is 1.42. The highest BCUT2D eigenvalue weighted by molar-refractivity contribution is 6.31. The zero-order chi connectivity index (χ0) is 17.4. The zero-order valence-electron chi connectivity index (χ0n) is 13.7. The van der Waals surface area contributed by atoms with Crippen LogP contribution in [0.15, 0.2) is 41.3 Å². The van der Waals surface area contributed by atoms with E-state index in [1.807, 2.05) is 4.90 Å². The standard InChI is InChI=1S/C19H18ClN3O2/c20-14-6-7-16-15(11-14)19(25)23-12-13(5-8-17(23)21-16)18(24)22-9-3-1-2-4-10-22/h5-8,11-12H,1-4,9-10H2. The largest absolute Gasteiger partial charge is 0.339 e. The van der Waals surface area contributed by atoms with E-state index in [0.29, 0.717) is 27.1 Å². The van der Waals surface area contributed by atoms with Gasteiger partial charge in [-0.15, -0.1) is 0 Å². The second-order valence-corrected chi connectivity index (χ2v) is 6.87. The molecule has 0 atom stereocenters. The molecular formula is C19H18ClN3O2. The highest BCUT2D eigenvalue weighted by Crippen LogP contribution is 2.17. The fourth-order valence-corrected chi connectivity index (χ4v) is 3.53. The van der Waals surface area contributed by atoms with Crippen molar-refractivity contribution in [3.63, 3.8) is 0 Å². The lowest BCUT2D eigenvalue weighted by Gasteiger charge is -2.20. The molecule has 1 aliphatic heterocycles. The monoisotopic (exact) mass is 355 g/mol. The van der Waals surface area contributed by atoms with Gasteiger partial charge in [0.05, 0.1) is 16.5 Å². The van der Waals surface area contributed by atoms with E-state index in [0.717, 1.165) is 38.8 Å². The van der Waals surface area contributed by atoms with Gasteiger partial charge < -0.3 is 4.90 Å². The minimum Gasteiger partial charge on any atom is -0.339 e. The second-order valence-electron chi connectivity index (χ2n) is 6.43. The number of amides is 1. The quantitative estimate of drug-likeness (QED) is 0.627. The first kappa shape index (κ1) is 16.1. The molecule has 5 nitrogen and oxygen atoms in total. The average Bonchev–Trinajstić information content (AvgIpc) is 2.91.